The van der Waals surface area contributed by atoms with Gasteiger partial charge in [-0.1, -0.05) is 36.4 Å². The van der Waals surface area contributed by atoms with Gasteiger partial charge < -0.3 is 4.74 Å². The Bertz CT molecular complexity index is 380. The average Bonchev–Trinajstić information content (AvgIpc) is 2.27. The fourth-order valence-electron chi connectivity index (χ4n) is 1.80. The SMILES string of the molecule is COC(=O)C1CC=Cc2ccccc21. The lowest BCUT2D eigenvalue weighted by Crippen LogP contribution is -2.16. The number of rotatable bonds is 1. The summed E-state index contributed by atoms with van der Waals surface area (Å²) in [6.07, 6.45) is 4.81. The summed E-state index contributed by atoms with van der Waals surface area (Å²) in [5.74, 6) is -0.275. The van der Waals surface area contributed by atoms with E-state index in [0.29, 0.717) is 0 Å². The monoisotopic (exact) mass is 188 g/mol. The zero-order valence-corrected chi connectivity index (χ0v) is 8.07. The molecule has 2 heteroatoms. The van der Waals surface area contributed by atoms with Crippen LogP contribution in [0.5, 0.6) is 0 Å². The highest BCUT2D eigenvalue weighted by molar-refractivity contribution is 5.81. The smallest absolute Gasteiger partial charge is 0.313 e. The van der Waals surface area contributed by atoms with E-state index in [0.717, 1.165) is 17.5 Å². The largest absolute Gasteiger partial charge is 0.469 e. The zero-order chi connectivity index (χ0) is 9.97. The van der Waals surface area contributed by atoms with Gasteiger partial charge in [0, 0.05) is 0 Å². The first-order valence-electron chi connectivity index (χ1n) is 4.66. The van der Waals surface area contributed by atoms with Crippen molar-refractivity contribution in [2.45, 2.75) is 12.3 Å². The number of fused-ring (bicyclic) bond motifs is 1. The molecule has 1 aromatic rings. The number of esters is 1. The van der Waals surface area contributed by atoms with Gasteiger partial charge >= 0.3 is 5.97 Å². The molecule has 0 radical (unpaired) electrons. The Hall–Kier alpha value is -1.57. The minimum absolute atomic E-state index is 0.124. The Labute approximate surface area is 83.2 Å². The highest BCUT2D eigenvalue weighted by Crippen LogP contribution is 2.30. The molecule has 1 atom stereocenters. The first kappa shape index (κ1) is 9.00. The van der Waals surface area contributed by atoms with Gasteiger partial charge in [0.1, 0.15) is 0 Å². The first-order valence-corrected chi connectivity index (χ1v) is 4.66. The fraction of sp³-hybridized carbons (Fsp3) is 0.250. The second-order valence-electron chi connectivity index (χ2n) is 3.34. The van der Waals surface area contributed by atoms with Crippen molar-refractivity contribution >= 4 is 12.0 Å². The van der Waals surface area contributed by atoms with E-state index in [2.05, 4.69) is 6.08 Å². The van der Waals surface area contributed by atoms with Crippen molar-refractivity contribution in [1.82, 2.24) is 0 Å². The van der Waals surface area contributed by atoms with Crippen LogP contribution in [0.1, 0.15) is 23.5 Å². The summed E-state index contributed by atoms with van der Waals surface area (Å²) in [7, 11) is 1.43. The Morgan fingerprint density at radius 3 is 3.00 bits per heavy atom. The predicted molar refractivity (Wildman–Crippen MR) is 54.9 cm³/mol. The standard InChI is InChI=1S/C12H12O2/c1-14-12(13)11-8-4-6-9-5-2-3-7-10(9)11/h2-7,11H,8H2,1H3. The number of benzene rings is 1. The molecule has 0 bridgehead atoms. The molecule has 2 nitrogen and oxygen atoms in total. The molecule has 0 fully saturated rings. The van der Waals surface area contributed by atoms with Crippen molar-refractivity contribution in [2.75, 3.05) is 7.11 Å². The molecule has 0 amide bonds. The maximum atomic E-state index is 11.5. The van der Waals surface area contributed by atoms with Gasteiger partial charge in [0.15, 0.2) is 0 Å². The number of hydrogen-bond donors (Lipinski definition) is 0. The van der Waals surface area contributed by atoms with Gasteiger partial charge in [0.25, 0.3) is 0 Å². The maximum absolute atomic E-state index is 11.5. The third-order valence-corrected chi connectivity index (χ3v) is 2.53. The van der Waals surface area contributed by atoms with Gasteiger partial charge in [0.05, 0.1) is 13.0 Å². The molecule has 0 aliphatic heterocycles. The first-order chi connectivity index (χ1) is 6.83. The second-order valence-corrected chi connectivity index (χ2v) is 3.34. The van der Waals surface area contributed by atoms with Crippen molar-refractivity contribution in [3.8, 4) is 0 Å². The molecule has 0 aromatic heterocycles. The van der Waals surface area contributed by atoms with Crippen LogP contribution in [0, 0.1) is 0 Å². The lowest BCUT2D eigenvalue weighted by Gasteiger charge is -2.18. The molecule has 1 aromatic carbocycles. The zero-order valence-electron chi connectivity index (χ0n) is 8.07. The van der Waals surface area contributed by atoms with Crippen LogP contribution in [0.4, 0.5) is 0 Å². The molecule has 1 aliphatic carbocycles. The van der Waals surface area contributed by atoms with Gasteiger partial charge in [-0.25, -0.2) is 0 Å². The molecule has 0 spiro atoms. The third-order valence-electron chi connectivity index (χ3n) is 2.53. The summed E-state index contributed by atoms with van der Waals surface area (Å²) in [6.45, 7) is 0. The molecule has 0 N–H and O–H groups in total. The van der Waals surface area contributed by atoms with Crippen LogP contribution in [0.25, 0.3) is 6.08 Å². The second kappa shape index (κ2) is 3.66. The van der Waals surface area contributed by atoms with Crippen molar-refractivity contribution < 1.29 is 9.53 Å². The number of carbonyl (C=O) groups excluding carboxylic acids is 1. The Morgan fingerprint density at radius 1 is 1.43 bits per heavy atom. The molecule has 0 heterocycles. The Morgan fingerprint density at radius 2 is 2.21 bits per heavy atom. The summed E-state index contributed by atoms with van der Waals surface area (Å²) < 4.78 is 4.77. The average molecular weight is 188 g/mol. The third kappa shape index (κ3) is 1.43. The van der Waals surface area contributed by atoms with Gasteiger partial charge in [-0.05, 0) is 17.5 Å². The van der Waals surface area contributed by atoms with Crippen LogP contribution in [0.2, 0.25) is 0 Å². The Balaban J connectivity index is 2.40. The number of hydrogen-bond acceptors (Lipinski definition) is 2. The summed E-state index contributed by atoms with van der Waals surface area (Å²) >= 11 is 0. The van der Waals surface area contributed by atoms with Crippen LogP contribution >= 0.6 is 0 Å². The van der Waals surface area contributed by atoms with E-state index in [4.69, 9.17) is 4.74 Å². The quantitative estimate of drug-likeness (QED) is 0.632. The van der Waals surface area contributed by atoms with Crippen LogP contribution in [-0.4, -0.2) is 13.1 Å². The van der Waals surface area contributed by atoms with Gasteiger partial charge in [-0.2, -0.15) is 0 Å². The molecule has 14 heavy (non-hydrogen) atoms. The summed E-state index contributed by atoms with van der Waals surface area (Å²) in [5, 5.41) is 0. The number of ether oxygens (including phenoxy) is 1. The lowest BCUT2D eigenvalue weighted by atomic mass is 9.87. The normalized spacial score (nSPS) is 18.8. The maximum Gasteiger partial charge on any atom is 0.313 e. The van der Waals surface area contributed by atoms with E-state index in [1.807, 2.05) is 30.3 Å². The molecular formula is C12H12O2. The topological polar surface area (TPSA) is 26.3 Å². The molecule has 0 saturated carbocycles. The van der Waals surface area contributed by atoms with E-state index in [1.165, 1.54) is 7.11 Å². The van der Waals surface area contributed by atoms with Crippen LogP contribution in [0.15, 0.2) is 30.3 Å². The molecular weight excluding hydrogens is 176 g/mol. The van der Waals surface area contributed by atoms with Gasteiger partial charge in [-0.15, -0.1) is 0 Å². The molecule has 72 valence electrons. The van der Waals surface area contributed by atoms with Crippen molar-refractivity contribution in [3.63, 3.8) is 0 Å². The van der Waals surface area contributed by atoms with Crippen molar-refractivity contribution in [1.29, 1.82) is 0 Å². The summed E-state index contributed by atoms with van der Waals surface area (Å²) in [4.78, 5) is 11.5. The van der Waals surface area contributed by atoms with E-state index in [9.17, 15) is 4.79 Å². The van der Waals surface area contributed by atoms with Crippen molar-refractivity contribution in [3.05, 3.63) is 41.5 Å². The summed E-state index contributed by atoms with van der Waals surface area (Å²) in [5.41, 5.74) is 2.19. The minimum Gasteiger partial charge on any atom is -0.469 e. The van der Waals surface area contributed by atoms with Gasteiger partial charge in [-0.3, -0.25) is 4.79 Å². The Kier molecular flexibility index (Phi) is 2.35. The number of methoxy groups -OCH3 is 1. The molecule has 1 unspecified atom stereocenters. The number of allylic oxidation sites excluding steroid dienone is 1. The molecule has 2 rings (SSSR count). The highest BCUT2D eigenvalue weighted by Gasteiger charge is 2.23. The van der Waals surface area contributed by atoms with Crippen LogP contribution < -0.4 is 0 Å². The van der Waals surface area contributed by atoms with E-state index in [-0.39, 0.29) is 11.9 Å². The van der Waals surface area contributed by atoms with E-state index >= 15 is 0 Å². The van der Waals surface area contributed by atoms with Crippen molar-refractivity contribution in [2.24, 2.45) is 0 Å². The van der Waals surface area contributed by atoms with E-state index < -0.39 is 0 Å². The van der Waals surface area contributed by atoms with Gasteiger partial charge in [0.2, 0.25) is 0 Å². The molecule has 1 aliphatic rings. The van der Waals surface area contributed by atoms with E-state index in [1.54, 1.807) is 0 Å². The highest BCUT2D eigenvalue weighted by atomic mass is 16.5. The number of carbonyl (C=O) groups is 1. The lowest BCUT2D eigenvalue weighted by molar-refractivity contribution is -0.142. The minimum atomic E-state index is -0.151. The summed E-state index contributed by atoms with van der Waals surface area (Å²) in [6, 6.07) is 7.93. The molecule has 0 saturated heterocycles. The van der Waals surface area contributed by atoms with Crippen LogP contribution in [-0.2, 0) is 9.53 Å². The predicted octanol–water partition coefficient (Wildman–Crippen LogP) is 2.36. The fourth-order valence-corrected chi connectivity index (χ4v) is 1.80. The van der Waals surface area contributed by atoms with Crippen LogP contribution in [0.3, 0.4) is 0 Å².